The molecule has 0 bridgehead atoms. The van der Waals surface area contributed by atoms with Crippen LogP contribution >= 0.6 is 0 Å². The average molecular weight is 393 g/mol. The molecule has 0 saturated heterocycles. The highest BCUT2D eigenvalue weighted by Crippen LogP contribution is 2.37. The second-order valence-corrected chi connectivity index (χ2v) is 7.69. The van der Waals surface area contributed by atoms with Crippen molar-refractivity contribution in [1.29, 1.82) is 0 Å². The quantitative estimate of drug-likeness (QED) is 0.344. The smallest absolute Gasteiger partial charge is 0.0760 e. The lowest BCUT2D eigenvalue weighted by molar-refractivity contribution is 0.643. The molecule has 4 aromatic rings. The summed E-state index contributed by atoms with van der Waals surface area (Å²) in [6.45, 7) is 4.37. The zero-order valence-corrected chi connectivity index (χ0v) is 17.5. The van der Waals surface area contributed by atoms with Crippen molar-refractivity contribution >= 4 is 11.4 Å². The molecule has 0 fully saturated rings. The molecule has 0 saturated carbocycles. The molecule has 2 nitrogen and oxygen atoms in total. The van der Waals surface area contributed by atoms with Crippen molar-refractivity contribution in [3.8, 4) is 0 Å². The van der Waals surface area contributed by atoms with Gasteiger partial charge in [0.05, 0.1) is 12.1 Å². The van der Waals surface area contributed by atoms with Crippen molar-refractivity contribution in [2.75, 3.05) is 10.6 Å². The lowest BCUT2D eigenvalue weighted by Gasteiger charge is -2.33. The van der Waals surface area contributed by atoms with Crippen LogP contribution in [-0.4, -0.2) is 0 Å². The van der Waals surface area contributed by atoms with Crippen LogP contribution in [0.4, 0.5) is 11.4 Å². The van der Waals surface area contributed by atoms with Crippen LogP contribution in [0.5, 0.6) is 0 Å². The summed E-state index contributed by atoms with van der Waals surface area (Å²) in [5.41, 5.74) is 7.35. The number of aryl methyl sites for hydroxylation is 2. The second kappa shape index (κ2) is 9.32. The van der Waals surface area contributed by atoms with E-state index in [4.69, 9.17) is 0 Å². The number of rotatable bonds is 7. The molecule has 2 heteroatoms. The minimum absolute atomic E-state index is 0.0508. The van der Waals surface area contributed by atoms with Gasteiger partial charge in [0.25, 0.3) is 0 Å². The molecule has 2 atom stereocenters. The van der Waals surface area contributed by atoms with Crippen LogP contribution in [0, 0.1) is 13.8 Å². The Bertz CT molecular complexity index is 985. The first-order valence-electron chi connectivity index (χ1n) is 10.5. The van der Waals surface area contributed by atoms with Crippen molar-refractivity contribution in [1.82, 2.24) is 0 Å². The lowest BCUT2D eigenvalue weighted by atomic mass is 9.88. The van der Waals surface area contributed by atoms with Crippen LogP contribution in [0.3, 0.4) is 0 Å². The third-order valence-electron chi connectivity index (χ3n) is 5.57. The molecule has 2 unspecified atom stereocenters. The van der Waals surface area contributed by atoms with Gasteiger partial charge in [0.1, 0.15) is 0 Å². The normalized spacial score (nSPS) is 12.7. The molecule has 0 heterocycles. The van der Waals surface area contributed by atoms with Crippen LogP contribution in [-0.2, 0) is 0 Å². The lowest BCUT2D eigenvalue weighted by Crippen LogP contribution is -2.27. The minimum Gasteiger partial charge on any atom is -0.376 e. The van der Waals surface area contributed by atoms with E-state index in [-0.39, 0.29) is 12.1 Å². The molecule has 150 valence electrons. The maximum Gasteiger partial charge on any atom is 0.0760 e. The topological polar surface area (TPSA) is 24.1 Å². The third kappa shape index (κ3) is 4.55. The SMILES string of the molecule is Cc1ccccc1C(Nc1ccccc1)C(Nc1ccccc1)c1ccccc1C. The Morgan fingerprint density at radius 2 is 0.767 bits per heavy atom. The second-order valence-electron chi connectivity index (χ2n) is 7.69. The van der Waals surface area contributed by atoms with Gasteiger partial charge in [-0.25, -0.2) is 0 Å². The highest BCUT2D eigenvalue weighted by molar-refractivity contribution is 5.53. The Hall–Kier alpha value is -3.52. The molecule has 0 aliphatic heterocycles. The van der Waals surface area contributed by atoms with E-state index in [0.717, 1.165) is 11.4 Å². The fourth-order valence-electron chi connectivity index (χ4n) is 3.98. The summed E-state index contributed by atoms with van der Waals surface area (Å²) in [7, 11) is 0. The van der Waals surface area contributed by atoms with Gasteiger partial charge in [-0.2, -0.15) is 0 Å². The molecule has 2 N–H and O–H groups in total. The fraction of sp³-hybridized carbons (Fsp3) is 0.143. The van der Waals surface area contributed by atoms with Gasteiger partial charge in [0.2, 0.25) is 0 Å². The maximum atomic E-state index is 3.82. The van der Waals surface area contributed by atoms with Gasteiger partial charge >= 0.3 is 0 Å². The van der Waals surface area contributed by atoms with E-state index >= 15 is 0 Å². The summed E-state index contributed by atoms with van der Waals surface area (Å²) in [6.07, 6.45) is 0. The zero-order chi connectivity index (χ0) is 20.8. The average Bonchev–Trinajstić information content (AvgIpc) is 2.79. The van der Waals surface area contributed by atoms with Crippen LogP contribution in [0.25, 0.3) is 0 Å². The van der Waals surface area contributed by atoms with E-state index in [1.807, 2.05) is 0 Å². The monoisotopic (exact) mass is 392 g/mol. The van der Waals surface area contributed by atoms with Gasteiger partial charge in [0, 0.05) is 11.4 Å². The molecule has 4 aromatic carbocycles. The molecule has 0 spiro atoms. The van der Waals surface area contributed by atoms with E-state index in [1.165, 1.54) is 22.3 Å². The Morgan fingerprint density at radius 1 is 0.433 bits per heavy atom. The Labute approximate surface area is 179 Å². The predicted molar refractivity (Wildman–Crippen MR) is 128 cm³/mol. The van der Waals surface area contributed by atoms with Gasteiger partial charge < -0.3 is 10.6 Å². The van der Waals surface area contributed by atoms with Gasteiger partial charge in [-0.15, -0.1) is 0 Å². The van der Waals surface area contributed by atoms with Gasteiger partial charge in [-0.3, -0.25) is 0 Å². The first-order chi connectivity index (χ1) is 14.7. The van der Waals surface area contributed by atoms with Gasteiger partial charge in [0.15, 0.2) is 0 Å². The summed E-state index contributed by atoms with van der Waals surface area (Å²) >= 11 is 0. The number of hydrogen-bond acceptors (Lipinski definition) is 2. The van der Waals surface area contributed by atoms with Gasteiger partial charge in [-0.1, -0.05) is 84.9 Å². The Balaban J connectivity index is 1.83. The van der Waals surface area contributed by atoms with Crippen molar-refractivity contribution in [3.63, 3.8) is 0 Å². The Kier molecular flexibility index (Phi) is 6.14. The zero-order valence-electron chi connectivity index (χ0n) is 17.5. The maximum absolute atomic E-state index is 3.82. The Morgan fingerprint density at radius 3 is 1.13 bits per heavy atom. The third-order valence-corrected chi connectivity index (χ3v) is 5.57. The first kappa shape index (κ1) is 19.8. The van der Waals surface area contributed by atoms with Crippen LogP contribution in [0.1, 0.15) is 34.3 Å². The highest BCUT2D eigenvalue weighted by atomic mass is 15.0. The van der Waals surface area contributed by atoms with Crippen LogP contribution in [0.15, 0.2) is 109 Å². The molecular formula is C28H28N2. The minimum atomic E-state index is 0.0508. The van der Waals surface area contributed by atoms with E-state index in [0.29, 0.717) is 0 Å². The molecule has 4 rings (SSSR count). The molecular weight excluding hydrogens is 364 g/mol. The van der Waals surface area contributed by atoms with Gasteiger partial charge in [-0.05, 0) is 60.4 Å². The number of nitrogens with one attached hydrogen (secondary N) is 2. The molecule has 0 aromatic heterocycles. The predicted octanol–water partition coefficient (Wildman–Crippen LogP) is 7.31. The number of anilines is 2. The van der Waals surface area contributed by atoms with Crippen LogP contribution < -0.4 is 10.6 Å². The van der Waals surface area contributed by atoms with Crippen molar-refractivity contribution < 1.29 is 0 Å². The summed E-state index contributed by atoms with van der Waals surface area (Å²) < 4.78 is 0. The molecule has 0 radical (unpaired) electrons. The van der Waals surface area contributed by atoms with E-state index in [9.17, 15) is 0 Å². The van der Waals surface area contributed by atoms with Crippen LogP contribution in [0.2, 0.25) is 0 Å². The molecule has 0 amide bonds. The number of para-hydroxylation sites is 2. The van der Waals surface area contributed by atoms with E-state index in [2.05, 4.69) is 134 Å². The molecule has 0 aliphatic carbocycles. The number of benzene rings is 4. The van der Waals surface area contributed by atoms with Crippen molar-refractivity contribution in [3.05, 3.63) is 131 Å². The fourth-order valence-corrected chi connectivity index (χ4v) is 3.98. The van der Waals surface area contributed by atoms with E-state index < -0.39 is 0 Å². The summed E-state index contributed by atoms with van der Waals surface area (Å²) in [6, 6.07) is 38.3. The van der Waals surface area contributed by atoms with Crippen molar-refractivity contribution in [2.24, 2.45) is 0 Å². The summed E-state index contributed by atoms with van der Waals surface area (Å²) in [5, 5.41) is 7.64. The first-order valence-corrected chi connectivity index (χ1v) is 10.5. The van der Waals surface area contributed by atoms with E-state index in [1.54, 1.807) is 0 Å². The van der Waals surface area contributed by atoms with Crippen molar-refractivity contribution in [2.45, 2.75) is 25.9 Å². The molecule has 30 heavy (non-hydrogen) atoms. The summed E-state index contributed by atoms with van der Waals surface area (Å²) in [4.78, 5) is 0. The molecule has 0 aliphatic rings. The largest absolute Gasteiger partial charge is 0.376 e. The summed E-state index contributed by atoms with van der Waals surface area (Å²) in [5.74, 6) is 0. The number of hydrogen-bond donors (Lipinski definition) is 2. The highest BCUT2D eigenvalue weighted by Gasteiger charge is 2.27. The standard InChI is InChI=1S/C28H28N2/c1-21-13-9-11-19-25(21)27(29-23-15-5-3-6-16-23)28(26-20-12-10-14-22(26)2)30-24-17-7-4-8-18-24/h3-20,27-30H,1-2H3.